The summed E-state index contributed by atoms with van der Waals surface area (Å²) in [7, 11) is 1.14. The average Bonchev–Trinajstić information content (AvgIpc) is 2.15. The Hall–Kier alpha value is -2.05. The number of nitroso groups, excluding NO2 is 1. The molecule has 6 nitrogen and oxygen atoms in total. The van der Waals surface area contributed by atoms with Crippen molar-refractivity contribution in [1.82, 2.24) is 0 Å². The number of nitrogens with zero attached hydrogens (tertiary/aromatic N) is 2. The van der Waals surface area contributed by atoms with Gasteiger partial charge in [0.1, 0.15) is 5.82 Å². The van der Waals surface area contributed by atoms with Gasteiger partial charge in [0.25, 0.3) is 0 Å². The Balaban J connectivity index is 3.48. The Morgan fingerprint density at radius 2 is 2.21 bits per heavy atom. The molecule has 0 aromatic heterocycles. The van der Waals surface area contributed by atoms with Crippen LogP contribution in [0.25, 0.3) is 0 Å². The lowest BCUT2D eigenvalue weighted by Crippen LogP contribution is -1.95. The minimum Gasteiger partial charge on any atom is -0.490 e. The van der Waals surface area contributed by atoms with E-state index in [2.05, 4.69) is 9.91 Å². The molecule has 0 amide bonds. The summed E-state index contributed by atoms with van der Waals surface area (Å²) in [6, 6.07) is 1.49. The molecule has 0 aliphatic heterocycles. The Kier molecular flexibility index (Phi) is 2.70. The number of halogens is 1. The van der Waals surface area contributed by atoms with Gasteiger partial charge in [0.05, 0.1) is 12.0 Å². The van der Waals surface area contributed by atoms with E-state index in [-0.39, 0.29) is 5.75 Å². The molecule has 0 N–H and O–H groups in total. The van der Waals surface area contributed by atoms with Crippen LogP contribution in [0.1, 0.15) is 0 Å². The largest absolute Gasteiger partial charge is 0.490 e. The molecular formula is C7H5FN2O4. The van der Waals surface area contributed by atoms with E-state index in [1.807, 2.05) is 0 Å². The number of benzene rings is 1. The van der Waals surface area contributed by atoms with Crippen LogP contribution < -0.4 is 4.74 Å². The molecule has 14 heavy (non-hydrogen) atoms. The summed E-state index contributed by atoms with van der Waals surface area (Å²) >= 11 is 0. The maximum Gasteiger partial charge on any atom is 0.340 e. The second kappa shape index (κ2) is 3.77. The van der Waals surface area contributed by atoms with Crippen LogP contribution in [-0.4, -0.2) is 12.0 Å². The van der Waals surface area contributed by atoms with Crippen molar-refractivity contribution in [3.05, 3.63) is 33.0 Å². The van der Waals surface area contributed by atoms with Gasteiger partial charge in [-0.2, -0.15) is 0 Å². The molecule has 0 fully saturated rings. The quantitative estimate of drug-likeness (QED) is 0.425. The van der Waals surface area contributed by atoms with Crippen LogP contribution in [0.3, 0.4) is 0 Å². The van der Waals surface area contributed by atoms with Crippen molar-refractivity contribution in [3.63, 3.8) is 0 Å². The molecule has 0 aliphatic rings. The van der Waals surface area contributed by atoms with Gasteiger partial charge >= 0.3 is 5.69 Å². The molecule has 0 spiro atoms. The lowest BCUT2D eigenvalue weighted by Gasteiger charge is -2.02. The first-order chi connectivity index (χ1) is 6.60. The third kappa shape index (κ3) is 1.65. The number of rotatable bonds is 3. The summed E-state index contributed by atoms with van der Waals surface area (Å²) < 4.78 is 17.3. The minimum atomic E-state index is -0.852. The maximum absolute atomic E-state index is 12.7. The number of ether oxygens (including phenoxy) is 1. The zero-order valence-corrected chi connectivity index (χ0v) is 7.06. The molecule has 0 aliphatic carbocycles. The van der Waals surface area contributed by atoms with E-state index in [1.54, 1.807) is 0 Å². The first-order valence-electron chi connectivity index (χ1n) is 3.45. The van der Waals surface area contributed by atoms with Crippen LogP contribution >= 0.6 is 0 Å². The smallest absolute Gasteiger partial charge is 0.340 e. The Morgan fingerprint density at radius 1 is 1.57 bits per heavy atom. The van der Waals surface area contributed by atoms with Gasteiger partial charge in [-0.3, -0.25) is 10.1 Å². The van der Waals surface area contributed by atoms with E-state index in [9.17, 15) is 19.4 Å². The predicted molar refractivity (Wildman–Crippen MR) is 45.1 cm³/mol. The maximum atomic E-state index is 12.7. The minimum absolute atomic E-state index is 0.329. The van der Waals surface area contributed by atoms with Gasteiger partial charge in [-0.1, -0.05) is 0 Å². The predicted octanol–water partition coefficient (Wildman–Crippen LogP) is 2.14. The van der Waals surface area contributed by atoms with Gasteiger partial charge in [0, 0.05) is 12.1 Å². The lowest BCUT2D eigenvalue weighted by atomic mass is 10.2. The second-order valence-corrected chi connectivity index (χ2v) is 2.32. The van der Waals surface area contributed by atoms with Crippen molar-refractivity contribution in [2.24, 2.45) is 5.18 Å². The van der Waals surface area contributed by atoms with Gasteiger partial charge < -0.3 is 4.74 Å². The fourth-order valence-corrected chi connectivity index (χ4v) is 0.969. The van der Waals surface area contributed by atoms with Crippen molar-refractivity contribution in [2.45, 2.75) is 0 Å². The van der Waals surface area contributed by atoms with Crippen molar-refractivity contribution in [3.8, 4) is 5.75 Å². The monoisotopic (exact) mass is 200 g/mol. The molecule has 0 radical (unpaired) electrons. The molecule has 0 unspecified atom stereocenters. The molecule has 7 heteroatoms. The molecule has 0 bridgehead atoms. The summed E-state index contributed by atoms with van der Waals surface area (Å²) in [4.78, 5) is 19.8. The van der Waals surface area contributed by atoms with E-state index in [0.29, 0.717) is 6.07 Å². The molecular weight excluding hydrogens is 195 g/mol. The first kappa shape index (κ1) is 10.0. The molecule has 1 aromatic rings. The van der Waals surface area contributed by atoms with Crippen LogP contribution in [0.5, 0.6) is 5.75 Å². The topological polar surface area (TPSA) is 81.8 Å². The van der Waals surface area contributed by atoms with Crippen LogP contribution in [0.4, 0.5) is 15.8 Å². The van der Waals surface area contributed by atoms with Gasteiger partial charge in [-0.05, 0) is 5.18 Å². The van der Waals surface area contributed by atoms with Crippen LogP contribution in [0.15, 0.2) is 17.3 Å². The SMILES string of the molecule is COc1cc(F)cc(N=O)c1[N+](=O)[O-]. The molecule has 1 aromatic carbocycles. The number of nitro benzene ring substituents is 1. The Labute approximate surface area is 77.4 Å². The van der Waals surface area contributed by atoms with E-state index in [4.69, 9.17) is 0 Å². The fraction of sp³-hybridized carbons (Fsp3) is 0.143. The Morgan fingerprint density at radius 3 is 2.64 bits per heavy atom. The van der Waals surface area contributed by atoms with Crippen LogP contribution in [0, 0.1) is 20.8 Å². The van der Waals surface area contributed by atoms with Crippen molar-refractivity contribution in [2.75, 3.05) is 7.11 Å². The van der Waals surface area contributed by atoms with Gasteiger partial charge in [0.15, 0.2) is 5.69 Å². The third-order valence-electron chi connectivity index (χ3n) is 1.52. The van der Waals surface area contributed by atoms with Crippen molar-refractivity contribution < 1.29 is 14.1 Å². The second-order valence-electron chi connectivity index (χ2n) is 2.32. The first-order valence-corrected chi connectivity index (χ1v) is 3.45. The van der Waals surface area contributed by atoms with Gasteiger partial charge in [0.2, 0.25) is 5.75 Å². The normalized spacial score (nSPS) is 9.57. The molecule has 0 saturated heterocycles. The highest BCUT2D eigenvalue weighted by Gasteiger charge is 2.23. The molecule has 0 heterocycles. The van der Waals surface area contributed by atoms with Gasteiger partial charge in [-0.15, -0.1) is 4.91 Å². The summed E-state index contributed by atoms with van der Waals surface area (Å²) in [5, 5.41) is 12.8. The number of methoxy groups -OCH3 is 1. The molecule has 0 atom stereocenters. The van der Waals surface area contributed by atoms with Crippen molar-refractivity contribution >= 4 is 11.4 Å². The van der Waals surface area contributed by atoms with Gasteiger partial charge in [-0.25, -0.2) is 4.39 Å². The summed E-state index contributed by atoms with van der Waals surface area (Å²) in [5.41, 5.74) is -1.23. The molecule has 74 valence electrons. The van der Waals surface area contributed by atoms with E-state index < -0.39 is 22.1 Å². The number of hydrogen-bond donors (Lipinski definition) is 0. The summed E-state index contributed by atoms with van der Waals surface area (Å²) in [6.45, 7) is 0. The zero-order chi connectivity index (χ0) is 10.7. The molecule has 0 saturated carbocycles. The Bertz CT molecular complexity index is 394. The highest BCUT2D eigenvalue weighted by molar-refractivity contribution is 5.65. The third-order valence-corrected chi connectivity index (χ3v) is 1.52. The van der Waals surface area contributed by atoms with E-state index in [1.165, 1.54) is 0 Å². The van der Waals surface area contributed by atoms with Crippen molar-refractivity contribution in [1.29, 1.82) is 0 Å². The van der Waals surface area contributed by atoms with E-state index in [0.717, 1.165) is 13.2 Å². The standard InChI is InChI=1S/C7H5FN2O4/c1-14-6-3-4(8)2-5(9-11)7(6)10(12)13/h2-3H,1H3. The highest BCUT2D eigenvalue weighted by Crippen LogP contribution is 2.37. The van der Waals surface area contributed by atoms with Crippen LogP contribution in [-0.2, 0) is 0 Å². The summed E-state index contributed by atoms with van der Waals surface area (Å²) in [5.74, 6) is -1.15. The zero-order valence-electron chi connectivity index (χ0n) is 7.06. The number of nitro groups is 1. The average molecular weight is 200 g/mol. The summed E-state index contributed by atoms with van der Waals surface area (Å²) in [6.07, 6.45) is 0. The molecule has 1 rings (SSSR count). The fourth-order valence-electron chi connectivity index (χ4n) is 0.969. The van der Waals surface area contributed by atoms with E-state index >= 15 is 0 Å². The lowest BCUT2D eigenvalue weighted by molar-refractivity contribution is -0.385. The van der Waals surface area contributed by atoms with Crippen LogP contribution in [0.2, 0.25) is 0 Å². The number of hydrogen-bond acceptors (Lipinski definition) is 5. The highest BCUT2D eigenvalue weighted by atomic mass is 19.1.